The molecule has 0 aliphatic heterocycles. The second kappa shape index (κ2) is 8.17. The van der Waals surface area contributed by atoms with Crippen molar-refractivity contribution in [1.29, 1.82) is 0 Å². The molecule has 2 aromatic carbocycles. The molecule has 152 valence electrons. The fourth-order valence-electron chi connectivity index (χ4n) is 3.64. The van der Waals surface area contributed by atoms with E-state index in [2.05, 4.69) is 79.7 Å². The van der Waals surface area contributed by atoms with Crippen LogP contribution in [0.25, 0.3) is 21.9 Å². The molecule has 0 amide bonds. The standard InChI is InChI=1S/C24H32ClO2P/c1-13(2)17-9-19(15(5)6)23-21(11-17)22-12-18(14(3)4)10-20(16(7)8)24(22)27-28(25)26-23/h9-16H,1-8H3. The Labute approximate surface area is 174 Å². The lowest BCUT2D eigenvalue weighted by Crippen LogP contribution is -1.97. The number of fused-ring (bicyclic) bond motifs is 3. The molecule has 0 N–H and O–H groups in total. The van der Waals surface area contributed by atoms with Gasteiger partial charge in [-0.05, 0) is 58.1 Å². The highest BCUT2D eigenvalue weighted by Gasteiger charge is 2.18. The Kier molecular flexibility index (Phi) is 6.23. The molecule has 2 nitrogen and oxygen atoms in total. The van der Waals surface area contributed by atoms with Crippen molar-refractivity contribution in [2.24, 2.45) is 0 Å². The maximum atomic E-state index is 6.55. The largest absolute Gasteiger partial charge is 0.408 e. The number of benzene rings is 2. The number of halogens is 1. The molecule has 28 heavy (non-hydrogen) atoms. The van der Waals surface area contributed by atoms with Gasteiger partial charge in [-0.15, -0.1) is 0 Å². The Bertz CT molecular complexity index is 963. The first-order valence-electron chi connectivity index (χ1n) is 10.3. The predicted octanol–water partition coefficient (Wildman–Crippen LogP) is 9.79. The van der Waals surface area contributed by atoms with Crippen molar-refractivity contribution in [2.75, 3.05) is 0 Å². The average Bonchev–Trinajstić information content (AvgIpc) is 2.74. The first kappa shape index (κ1) is 21.3. The summed E-state index contributed by atoms with van der Waals surface area (Å²) >= 11 is 6.55. The van der Waals surface area contributed by atoms with Gasteiger partial charge >= 0.3 is 7.37 Å². The Morgan fingerprint density at radius 3 is 1.25 bits per heavy atom. The summed E-state index contributed by atoms with van der Waals surface area (Å²) < 4.78 is 12.4. The first-order chi connectivity index (χ1) is 13.1. The molecule has 0 spiro atoms. The molecule has 0 saturated carbocycles. The summed E-state index contributed by atoms with van der Waals surface area (Å²) in [4.78, 5) is 0. The van der Waals surface area contributed by atoms with Gasteiger partial charge in [-0.1, -0.05) is 67.5 Å². The van der Waals surface area contributed by atoms with E-state index >= 15 is 0 Å². The molecule has 0 aliphatic carbocycles. The zero-order valence-corrected chi connectivity index (χ0v) is 19.9. The summed E-state index contributed by atoms with van der Waals surface area (Å²) in [6, 6.07) is 9.09. The monoisotopic (exact) mass is 418 g/mol. The van der Waals surface area contributed by atoms with Crippen molar-refractivity contribution in [2.45, 2.75) is 79.1 Å². The van der Waals surface area contributed by atoms with E-state index in [-0.39, 0.29) is 0 Å². The van der Waals surface area contributed by atoms with E-state index < -0.39 is 7.37 Å². The minimum atomic E-state index is -1.55. The smallest absolute Gasteiger partial charge is 0.327 e. The van der Waals surface area contributed by atoms with Crippen molar-refractivity contribution in [3.63, 3.8) is 0 Å². The van der Waals surface area contributed by atoms with Crippen LogP contribution in [-0.4, -0.2) is 0 Å². The highest BCUT2D eigenvalue weighted by atomic mass is 35.7. The lowest BCUT2D eigenvalue weighted by atomic mass is 9.89. The number of rotatable bonds is 4. The van der Waals surface area contributed by atoms with Gasteiger partial charge in [-0.2, -0.15) is 0 Å². The van der Waals surface area contributed by atoms with Crippen molar-refractivity contribution in [1.82, 2.24) is 0 Å². The molecule has 1 heterocycles. The van der Waals surface area contributed by atoms with E-state index in [1.54, 1.807) is 0 Å². The van der Waals surface area contributed by atoms with Gasteiger partial charge in [0.25, 0.3) is 0 Å². The zero-order valence-electron chi connectivity index (χ0n) is 18.3. The molecule has 1 aromatic heterocycles. The van der Waals surface area contributed by atoms with Gasteiger partial charge in [0.1, 0.15) is 11.2 Å². The van der Waals surface area contributed by atoms with Gasteiger partial charge in [0.2, 0.25) is 0 Å². The molecule has 0 saturated heterocycles. The van der Waals surface area contributed by atoms with Crippen LogP contribution in [0.2, 0.25) is 0 Å². The average molecular weight is 419 g/mol. The first-order valence-corrected chi connectivity index (χ1v) is 12.4. The van der Waals surface area contributed by atoms with Crippen LogP contribution < -0.4 is 0 Å². The Morgan fingerprint density at radius 1 is 0.607 bits per heavy atom. The van der Waals surface area contributed by atoms with Crippen LogP contribution in [0.1, 0.15) is 101 Å². The normalized spacial score (nSPS) is 12.3. The van der Waals surface area contributed by atoms with E-state index in [4.69, 9.17) is 19.6 Å². The summed E-state index contributed by atoms with van der Waals surface area (Å²) in [5.41, 5.74) is 6.81. The van der Waals surface area contributed by atoms with Crippen molar-refractivity contribution in [3.05, 3.63) is 46.5 Å². The molecule has 3 rings (SSSR count). The van der Waals surface area contributed by atoms with Crippen LogP contribution >= 0.6 is 18.6 Å². The minimum Gasteiger partial charge on any atom is -0.408 e. The summed E-state index contributed by atoms with van der Waals surface area (Å²) in [7, 11) is -1.55. The molecule has 3 aromatic rings. The van der Waals surface area contributed by atoms with Crippen molar-refractivity contribution < 1.29 is 8.39 Å². The maximum absolute atomic E-state index is 6.55. The second-order valence-electron chi connectivity index (χ2n) is 8.99. The lowest BCUT2D eigenvalue weighted by molar-refractivity contribution is 0.644. The minimum absolute atomic E-state index is 0.340. The molecular formula is C24H32ClO2P. The Hall–Kier alpha value is -1.37. The van der Waals surface area contributed by atoms with Crippen molar-refractivity contribution in [3.8, 4) is 0 Å². The SMILES string of the molecule is CC(C)c1cc(C(C)C)c2op(Cl)oc3c(C(C)C)cc(C(C)C)cc3c2c1. The van der Waals surface area contributed by atoms with Crippen molar-refractivity contribution >= 4 is 40.5 Å². The molecule has 0 atom stereocenters. The van der Waals surface area contributed by atoms with Crippen LogP contribution in [-0.2, 0) is 0 Å². The van der Waals surface area contributed by atoms with E-state index in [9.17, 15) is 0 Å². The van der Waals surface area contributed by atoms with Crippen LogP contribution in [0, 0.1) is 0 Å². The van der Waals surface area contributed by atoms with Gasteiger partial charge in [-0.25, -0.2) is 0 Å². The fourth-order valence-corrected chi connectivity index (χ4v) is 4.79. The molecule has 0 aliphatic rings. The van der Waals surface area contributed by atoms with Gasteiger partial charge < -0.3 is 8.39 Å². The number of hydrogen-bond donors (Lipinski definition) is 0. The zero-order chi connectivity index (χ0) is 20.7. The van der Waals surface area contributed by atoms with Crippen LogP contribution in [0.15, 0.2) is 32.7 Å². The molecule has 0 bridgehead atoms. The summed E-state index contributed by atoms with van der Waals surface area (Å²) in [6.07, 6.45) is 0. The quantitative estimate of drug-likeness (QED) is 0.421. The summed E-state index contributed by atoms with van der Waals surface area (Å²) in [5, 5.41) is 2.22. The second-order valence-corrected chi connectivity index (χ2v) is 10.6. The molecular weight excluding hydrogens is 387 g/mol. The summed E-state index contributed by atoms with van der Waals surface area (Å²) in [5.74, 6) is 1.55. The van der Waals surface area contributed by atoms with Crippen LogP contribution in [0.3, 0.4) is 0 Å². The highest BCUT2D eigenvalue weighted by Crippen LogP contribution is 2.44. The van der Waals surface area contributed by atoms with Crippen LogP contribution in [0.4, 0.5) is 0 Å². The van der Waals surface area contributed by atoms with Gasteiger partial charge in [0.05, 0.1) is 0 Å². The molecule has 0 radical (unpaired) electrons. The third-order valence-electron chi connectivity index (χ3n) is 5.47. The molecule has 4 heteroatoms. The van der Waals surface area contributed by atoms with Gasteiger partial charge in [0, 0.05) is 22.0 Å². The van der Waals surface area contributed by atoms with E-state index in [1.807, 2.05) is 0 Å². The van der Waals surface area contributed by atoms with Gasteiger partial charge in [-0.3, -0.25) is 0 Å². The van der Waals surface area contributed by atoms with Crippen LogP contribution in [0.5, 0.6) is 0 Å². The maximum Gasteiger partial charge on any atom is 0.327 e. The van der Waals surface area contributed by atoms with E-state index in [0.717, 1.165) is 21.9 Å². The lowest BCUT2D eigenvalue weighted by Gasteiger charge is -2.15. The third-order valence-corrected chi connectivity index (χ3v) is 6.54. The predicted molar refractivity (Wildman–Crippen MR) is 124 cm³/mol. The molecule has 0 fully saturated rings. The van der Waals surface area contributed by atoms with E-state index in [0.29, 0.717) is 23.7 Å². The highest BCUT2D eigenvalue weighted by molar-refractivity contribution is 7.68. The molecule has 0 unspecified atom stereocenters. The number of hydrogen-bond acceptors (Lipinski definition) is 2. The Balaban J connectivity index is 2.64. The fraction of sp³-hybridized carbons (Fsp3) is 0.500. The third kappa shape index (κ3) is 4.00. The summed E-state index contributed by atoms with van der Waals surface area (Å²) in [6.45, 7) is 17.8. The van der Waals surface area contributed by atoms with E-state index in [1.165, 1.54) is 22.3 Å². The van der Waals surface area contributed by atoms with Gasteiger partial charge in [0.15, 0.2) is 0 Å². The topological polar surface area (TPSA) is 26.3 Å². The Morgan fingerprint density at radius 2 is 0.964 bits per heavy atom.